The van der Waals surface area contributed by atoms with Gasteiger partial charge in [-0.25, -0.2) is 0 Å². The molecule has 1 spiro atoms. The fourth-order valence-electron chi connectivity index (χ4n) is 4.22. The van der Waals surface area contributed by atoms with Crippen LogP contribution < -0.4 is 0 Å². The Morgan fingerprint density at radius 2 is 2.05 bits per heavy atom. The molecule has 1 atom stereocenters. The molecular weight excluding hydrogens is 276 g/mol. The molecule has 0 N–H and O–H groups in total. The molecule has 0 unspecified atom stereocenters. The van der Waals surface area contributed by atoms with Gasteiger partial charge in [-0.3, -0.25) is 14.4 Å². The lowest BCUT2D eigenvalue weighted by Gasteiger charge is -2.37. The molecule has 0 saturated carbocycles. The Hall–Kier alpha value is -1.36. The smallest absolute Gasteiger partial charge is 0.223 e. The van der Waals surface area contributed by atoms with Crippen molar-refractivity contribution in [3.8, 4) is 0 Å². The average Bonchev–Trinajstić information content (AvgIpc) is 3.03. The molecule has 122 valence electrons. The van der Waals surface area contributed by atoms with E-state index in [1.54, 1.807) is 0 Å². The highest BCUT2D eigenvalue weighted by Crippen LogP contribution is 2.38. The van der Waals surface area contributed by atoms with Crippen LogP contribution in [0, 0.1) is 0 Å². The van der Waals surface area contributed by atoms with Crippen molar-refractivity contribution in [2.45, 2.75) is 64.6 Å². The number of amides is 1. The van der Waals surface area contributed by atoms with Crippen LogP contribution in [0.5, 0.6) is 0 Å². The molecule has 2 aliphatic heterocycles. The van der Waals surface area contributed by atoms with Crippen molar-refractivity contribution in [2.75, 3.05) is 19.6 Å². The van der Waals surface area contributed by atoms with E-state index in [-0.39, 0.29) is 5.54 Å². The van der Waals surface area contributed by atoms with Gasteiger partial charge in [0.2, 0.25) is 5.91 Å². The van der Waals surface area contributed by atoms with Gasteiger partial charge < -0.3 is 4.90 Å². The van der Waals surface area contributed by atoms with Gasteiger partial charge in [-0.15, -0.1) is 0 Å². The number of carbonyl (C=O) groups is 1. The van der Waals surface area contributed by atoms with Gasteiger partial charge >= 0.3 is 0 Å². The van der Waals surface area contributed by atoms with E-state index in [0.29, 0.717) is 5.91 Å². The van der Waals surface area contributed by atoms with E-state index in [9.17, 15) is 4.79 Å². The summed E-state index contributed by atoms with van der Waals surface area (Å²) in [5, 5.41) is 4.37. The fourth-order valence-corrected chi connectivity index (χ4v) is 4.22. The van der Waals surface area contributed by atoms with E-state index in [4.69, 9.17) is 0 Å². The third-order valence-electron chi connectivity index (χ3n) is 5.42. The minimum Gasteiger partial charge on any atom is -0.337 e. The summed E-state index contributed by atoms with van der Waals surface area (Å²) in [5.41, 5.74) is 1.45. The first-order chi connectivity index (χ1) is 10.7. The molecule has 2 fully saturated rings. The molecule has 2 saturated heterocycles. The molecular formula is C17H28N4O. The Balaban J connectivity index is 1.63. The first-order valence-electron chi connectivity index (χ1n) is 8.71. The fraction of sp³-hybridized carbons (Fsp3) is 0.765. The van der Waals surface area contributed by atoms with E-state index < -0.39 is 0 Å². The Kier molecular flexibility index (Phi) is 4.52. The molecule has 2 aliphatic rings. The molecule has 3 heterocycles. The minimum absolute atomic E-state index is 0.147. The van der Waals surface area contributed by atoms with Crippen LogP contribution in [0.4, 0.5) is 0 Å². The van der Waals surface area contributed by atoms with Crippen LogP contribution in [-0.2, 0) is 17.9 Å². The maximum absolute atomic E-state index is 12.1. The maximum atomic E-state index is 12.1. The monoisotopic (exact) mass is 304 g/mol. The highest BCUT2D eigenvalue weighted by molar-refractivity contribution is 5.79. The number of carbonyl (C=O) groups excluding carboxylic acids is 1. The minimum atomic E-state index is 0.147. The zero-order chi connectivity index (χ0) is 15.6. The summed E-state index contributed by atoms with van der Waals surface area (Å²) in [6.45, 7) is 9.22. The first-order valence-corrected chi connectivity index (χ1v) is 8.71. The molecule has 0 bridgehead atoms. The van der Waals surface area contributed by atoms with Crippen LogP contribution >= 0.6 is 0 Å². The number of hydrogen-bond acceptors (Lipinski definition) is 3. The van der Waals surface area contributed by atoms with Gasteiger partial charge in [-0.05, 0) is 46.1 Å². The molecule has 1 aromatic rings. The summed E-state index contributed by atoms with van der Waals surface area (Å²) >= 11 is 0. The second-order valence-corrected chi connectivity index (χ2v) is 6.70. The number of likely N-dealkylation sites (tertiary alicyclic amines) is 2. The van der Waals surface area contributed by atoms with E-state index in [1.807, 2.05) is 10.9 Å². The second kappa shape index (κ2) is 6.41. The van der Waals surface area contributed by atoms with Crippen LogP contribution in [-0.4, -0.2) is 50.7 Å². The van der Waals surface area contributed by atoms with Gasteiger partial charge in [0.15, 0.2) is 0 Å². The molecule has 22 heavy (non-hydrogen) atoms. The van der Waals surface area contributed by atoms with Crippen LogP contribution in [0.3, 0.4) is 0 Å². The largest absolute Gasteiger partial charge is 0.337 e. The molecule has 0 radical (unpaired) electrons. The SMILES string of the molecule is CCN1C(=O)CC[C@]12CCCN(Cc1cnn(CC)c1)CC2. The molecule has 5 heteroatoms. The van der Waals surface area contributed by atoms with Crippen molar-refractivity contribution in [3.63, 3.8) is 0 Å². The molecule has 3 rings (SSSR count). The number of hydrogen-bond donors (Lipinski definition) is 0. The van der Waals surface area contributed by atoms with Gasteiger partial charge in [0, 0.05) is 49.9 Å². The third kappa shape index (κ3) is 2.91. The number of aryl methyl sites for hydroxylation is 1. The van der Waals surface area contributed by atoms with Crippen molar-refractivity contribution in [1.29, 1.82) is 0 Å². The lowest BCUT2D eigenvalue weighted by molar-refractivity contribution is -0.131. The predicted molar refractivity (Wildman–Crippen MR) is 86.4 cm³/mol. The van der Waals surface area contributed by atoms with Crippen molar-refractivity contribution in [2.24, 2.45) is 0 Å². The summed E-state index contributed by atoms with van der Waals surface area (Å²) in [5.74, 6) is 0.361. The Bertz CT molecular complexity index is 526. The Morgan fingerprint density at radius 1 is 1.18 bits per heavy atom. The Labute approximate surface area is 133 Å². The van der Waals surface area contributed by atoms with Crippen LogP contribution in [0.15, 0.2) is 12.4 Å². The maximum Gasteiger partial charge on any atom is 0.223 e. The molecule has 0 aromatic carbocycles. The molecule has 5 nitrogen and oxygen atoms in total. The first kappa shape index (κ1) is 15.5. The summed E-state index contributed by atoms with van der Waals surface area (Å²) in [7, 11) is 0. The van der Waals surface area contributed by atoms with Gasteiger partial charge in [0.05, 0.1) is 6.20 Å². The summed E-state index contributed by atoms with van der Waals surface area (Å²) in [6, 6.07) is 0. The van der Waals surface area contributed by atoms with Crippen molar-refractivity contribution in [3.05, 3.63) is 18.0 Å². The normalized spacial score (nSPS) is 26.8. The zero-order valence-corrected chi connectivity index (χ0v) is 13.9. The van der Waals surface area contributed by atoms with Crippen LogP contribution in [0.1, 0.15) is 51.5 Å². The van der Waals surface area contributed by atoms with Gasteiger partial charge in [-0.1, -0.05) is 0 Å². The average molecular weight is 304 g/mol. The van der Waals surface area contributed by atoms with Crippen molar-refractivity contribution >= 4 is 5.91 Å². The topological polar surface area (TPSA) is 41.4 Å². The standard InChI is InChI=1S/C17H28N4O/c1-3-20-14-15(12-18-20)13-19-10-5-7-17(9-11-19)8-6-16(22)21(17)4-2/h12,14H,3-11,13H2,1-2H3/t17-/m0/s1. The third-order valence-corrected chi connectivity index (χ3v) is 5.42. The van der Waals surface area contributed by atoms with Crippen LogP contribution in [0.2, 0.25) is 0 Å². The molecule has 1 amide bonds. The van der Waals surface area contributed by atoms with Gasteiger partial charge in [0.25, 0.3) is 0 Å². The predicted octanol–water partition coefficient (Wildman–Crippen LogP) is 2.27. The lowest BCUT2D eigenvalue weighted by atomic mass is 9.88. The molecule has 1 aromatic heterocycles. The Morgan fingerprint density at radius 3 is 2.77 bits per heavy atom. The molecule has 0 aliphatic carbocycles. The quantitative estimate of drug-likeness (QED) is 0.857. The number of aromatic nitrogens is 2. The van der Waals surface area contributed by atoms with Crippen LogP contribution in [0.25, 0.3) is 0 Å². The van der Waals surface area contributed by atoms with Gasteiger partial charge in [0.1, 0.15) is 0 Å². The van der Waals surface area contributed by atoms with E-state index >= 15 is 0 Å². The lowest BCUT2D eigenvalue weighted by Crippen LogP contribution is -2.46. The summed E-state index contributed by atoms with van der Waals surface area (Å²) < 4.78 is 1.99. The summed E-state index contributed by atoms with van der Waals surface area (Å²) in [6.07, 6.45) is 9.41. The van der Waals surface area contributed by atoms with Gasteiger partial charge in [-0.2, -0.15) is 5.10 Å². The number of nitrogens with zero attached hydrogens (tertiary/aromatic N) is 4. The summed E-state index contributed by atoms with van der Waals surface area (Å²) in [4.78, 5) is 16.8. The van der Waals surface area contributed by atoms with E-state index in [0.717, 1.165) is 58.4 Å². The highest BCUT2D eigenvalue weighted by Gasteiger charge is 2.44. The number of rotatable bonds is 4. The highest BCUT2D eigenvalue weighted by atomic mass is 16.2. The zero-order valence-electron chi connectivity index (χ0n) is 13.9. The van der Waals surface area contributed by atoms with Crippen molar-refractivity contribution in [1.82, 2.24) is 19.6 Å². The van der Waals surface area contributed by atoms with E-state index in [1.165, 1.54) is 12.0 Å². The van der Waals surface area contributed by atoms with Crippen molar-refractivity contribution < 1.29 is 4.79 Å². The second-order valence-electron chi connectivity index (χ2n) is 6.70. The van der Waals surface area contributed by atoms with E-state index in [2.05, 4.69) is 34.9 Å².